The van der Waals surface area contributed by atoms with Crippen molar-refractivity contribution in [2.24, 2.45) is 0 Å². The summed E-state index contributed by atoms with van der Waals surface area (Å²) in [4.78, 5) is 0. The minimum absolute atomic E-state index is 0. The average Bonchev–Trinajstić information content (AvgIpc) is 2.58. The van der Waals surface area contributed by atoms with Crippen LogP contribution in [-0.2, 0) is 26.2 Å². The van der Waals surface area contributed by atoms with Gasteiger partial charge in [0.25, 0.3) is 0 Å². The molecule has 0 spiro atoms. The van der Waals surface area contributed by atoms with Crippen LogP contribution in [0.5, 0.6) is 0 Å². The van der Waals surface area contributed by atoms with Crippen LogP contribution in [0, 0.1) is 6.08 Å². The Hall–Kier alpha value is 0.933. The third-order valence-corrected chi connectivity index (χ3v) is 2.40. The summed E-state index contributed by atoms with van der Waals surface area (Å²) in [5.41, 5.74) is 2.55. The van der Waals surface area contributed by atoms with Gasteiger partial charge < -0.3 is 37.2 Å². The van der Waals surface area contributed by atoms with E-state index in [1.807, 2.05) is 6.08 Å². The van der Waals surface area contributed by atoms with Gasteiger partial charge in [-0.1, -0.05) is 28.1 Å². The van der Waals surface area contributed by atoms with Crippen LogP contribution in [0.4, 0.5) is 0 Å². The molecule has 0 fully saturated rings. The summed E-state index contributed by atoms with van der Waals surface area (Å²) < 4.78 is 1.12. The molecule has 16 heavy (non-hydrogen) atoms. The fourth-order valence-electron chi connectivity index (χ4n) is 1.24. The van der Waals surface area contributed by atoms with E-state index in [-0.39, 0.29) is 63.4 Å². The molecule has 0 amide bonds. The van der Waals surface area contributed by atoms with E-state index in [0.717, 1.165) is 10.9 Å². The number of hydrogen-bond acceptors (Lipinski definition) is 0. The molecule has 84 valence electrons. The molecule has 1 aliphatic carbocycles. The number of allylic oxidation sites excluding steroid dienone is 4. The summed E-state index contributed by atoms with van der Waals surface area (Å²) in [5.74, 6) is 0. The van der Waals surface area contributed by atoms with Gasteiger partial charge in [-0.2, -0.15) is 11.6 Å². The van der Waals surface area contributed by atoms with E-state index in [4.69, 9.17) is 0 Å². The first-order chi connectivity index (χ1) is 5.86. The number of benzene rings is 1. The van der Waals surface area contributed by atoms with Gasteiger partial charge in [0.2, 0.25) is 0 Å². The first-order valence-corrected chi connectivity index (χ1v) is 4.68. The first-order valence-electron chi connectivity index (χ1n) is 3.89. The predicted octanol–water partition coefficient (Wildman–Crippen LogP) is -5.39. The Labute approximate surface area is 142 Å². The molecule has 0 unspecified atom stereocenters. The zero-order valence-electron chi connectivity index (χ0n) is 8.18. The SMILES string of the molecule is Brc1ccc(C2=CC[C-]=C2)cc1.[Cl-].[Cl-].[Cl-].[Zr+4]. The van der Waals surface area contributed by atoms with Crippen molar-refractivity contribution < 1.29 is 63.4 Å². The third-order valence-electron chi connectivity index (χ3n) is 1.87. The smallest absolute Gasteiger partial charge is 1.00 e. The van der Waals surface area contributed by atoms with Gasteiger partial charge in [0.1, 0.15) is 0 Å². The molecular weight excluding hydrogens is 410 g/mol. The molecule has 1 aliphatic rings. The third kappa shape index (κ3) is 6.03. The molecule has 0 saturated heterocycles. The van der Waals surface area contributed by atoms with Gasteiger partial charge in [0, 0.05) is 4.47 Å². The van der Waals surface area contributed by atoms with Crippen LogP contribution in [0.1, 0.15) is 12.0 Å². The number of hydrogen-bond donors (Lipinski definition) is 0. The Morgan fingerprint density at radius 2 is 1.56 bits per heavy atom. The molecule has 5 heteroatoms. The molecule has 0 bridgehead atoms. The Kier molecular flexibility index (Phi) is 15.3. The summed E-state index contributed by atoms with van der Waals surface area (Å²) in [6.45, 7) is 0. The molecule has 2 rings (SSSR count). The van der Waals surface area contributed by atoms with Crippen LogP contribution < -0.4 is 37.2 Å². The normalized spacial score (nSPS) is 11.2. The molecular formula is C11H8BrCl3Zr. The van der Waals surface area contributed by atoms with Crippen LogP contribution in [-0.4, -0.2) is 0 Å². The molecule has 0 radical (unpaired) electrons. The quantitative estimate of drug-likeness (QED) is 0.400. The molecule has 0 aromatic heterocycles. The number of halogens is 4. The number of rotatable bonds is 1. The zero-order valence-corrected chi connectivity index (χ0v) is 14.5. The molecule has 1 aromatic rings. The standard InChI is InChI=1S/C11H8Br.3ClH.Zr/c12-11-7-5-10(6-8-11)9-3-1-2-4-9;;;;/h3-8H,1H2;3*1H;/q-1;;;;+4/p-3. The minimum atomic E-state index is 0. The van der Waals surface area contributed by atoms with Crippen molar-refractivity contribution in [3.63, 3.8) is 0 Å². The van der Waals surface area contributed by atoms with Gasteiger partial charge in [0.05, 0.1) is 0 Å². The minimum Gasteiger partial charge on any atom is -1.00 e. The topological polar surface area (TPSA) is 0 Å². The van der Waals surface area contributed by atoms with E-state index in [1.165, 1.54) is 11.1 Å². The summed E-state index contributed by atoms with van der Waals surface area (Å²) in [7, 11) is 0. The molecule has 0 saturated carbocycles. The average molecular weight is 418 g/mol. The van der Waals surface area contributed by atoms with Crippen LogP contribution in [0.2, 0.25) is 0 Å². The van der Waals surface area contributed by atoms with Gasteiger partial charge in [-0.15, -0.1) is 12.0 Å². The molecule has 0 nitrogen and oxygen atoms in total. The maximum Gasteiger partial charge on any atom is 4.00 e. The summed E-state index contributed by atoms with van der Waals surface area (Å²) in [5, 5.41) is 0. The Bertz CT molecular complexity index is 347. The van der Waals surface area contributed by atoms with Gasteiger partial charge in [-0.3, -0.25) is 6.08 Å². The largest absolute Gasteiger partial charge is 4.00 e. The molecule has 0 heterocycles. The van der Waals surface area contributed by atoms with E-state index in [1.54, 1.807) is 0 Å². The van der Waals surface area contributed by atoms with Crippen LogP contribution in [0.3, 0.4) is 0 Å². The second kappa shape index (κ2) is 11.0. The van der Waals surface area contributed by atoms with Gasteiger partial charge in [-0.25, -0.2) is 6.08 Å². The monoisotopic (exact) mass is 414 g/mol. The van der Waals surface area contributed by atoms with Crippen molar-refractivity contribution >= 4 is 21.5 Å². The van der Waals surface area contributed by atoms with Crippen molar-refractivity contribution in [2.75, 3.05) is 0 Å². The molecule has 1 aromatic carbocycles. The maximum atomic E-state index is 3.41. The van der Waals surface area contributed by atoms with Crippen LogP contribution >= 0.6 is 15.9 Å². The van der Waals surface area contributed by atoms with E-state index < -0.39 is 0 Å². The van der Waals surface area contributed by atoms with E-state index in [2.05, 4.69) is 52.3 Å². The Balaban J connectivity index is -0.000000422. The predicted molar refractivity (Wildman–Crippen MR) is 54.5 cm³/mol. The molecule has 0 aliphatic heterocycles. The van der Waals surface area contributed by atoms with Crippen molar-refractivity contribution in [1.29, 1.82) is 0 Å². The van der Waals surface area contributed by atoms with Crippen molar-refractivity contribution in [1.82, 2.24) is 0 Å². The van der Waals surface area contributed by atoms with E-state index >= 15 is 0 Å². The van der Waals surface area contributed by atoms with Gasteiger partial charge in [0.15, 0.2) is 0 Å². The molecule has 0 N–H and O–H groups in total. The van der Waals surface area contributed by atoms with Crippen LogP contribution in [0.15, 0.2) is 40.9 Å². The Morgan fingerprint density at radius 3 is 2.00 bits per heavy atom. The van der Waals surface area contributed by atoms with Crippen molar-refractivity contribution in [3.8, 4) is 0 Å². The van der Waals surface area contributed by atoms with Crippen molar-refractivity contribution in [2.45, 2.75) is 6.42 Å². The molecule has 0 atom stereocenters. The maximum absolute atomic E-state index is 3.41. The van der Waals surface area contributed by atoms with E-state index in [0.29, 0.717) is 0 Å². The van der Waals surface area contributed by atoms with Gasteiger partial charge in [-0.05, 0) is 12.1 Å². The fourth-order valence-corrected chi connectivity index (χ4v) is 1.50. The Morgan fingerprint density at radius 1 is 1.00 bits per heavy atom. The summed E-state index contributed by atoms with van der Waals surface area (Å²) in [6, 6.07) is 8.34. The van der Waals surface area contributed by atoms with Crippen molar-refractivity contribution in [3.05, 3.63) is 52.5 Å². The van der Waals surface area contributed by atoms with Gasteiger partial charge >= 0.3 is 26.2 Å². The first kappa shape index (κ1) is 22.1. The zero-order chi connectivity index (χ0) is 8.39. The van der Waals surface area contributed by atoms with E-state index in [9.17, 15) is 0 Å². The second-order valence-electron chi connectivity index (χ2n) is 2.72. The summed E-state index contributed by atoms with van der Waals surface area (Å²) in [6.07, 6.45) is 8.33. The fraction of sp³-hybridized carbons (Fsp3) is 0.0909. The van der Waals surface area contributed by atoms with Crippen LogP contribution in [0.25, 0.3) is 5.57 Å². The summed E-state index contributed by atoms with van der Waals surface area (Å²) >= 11 is 3.41. The second-order valence-corrected chi connectivity index (χ2v) is 3.63.